The van der Waals surface area contributed by atoms with Gasteiger partial charge in [0.1, 0.15) is 0 Å². The van der Waals surface area contributed by atoms with E-state index in [0.717, 1.165) is 19.5 Å². The molecule has 2 rings (SSSR count). The van der Waals surface area contributed by atoms with E-state index < -0.39 is 0 Å². The van der Waals surface area contributed by atoms with Crippen molar-refractivity contribution in [1.29, 1.82) is 0 Å². The van der Waals surface area contributed by atoms with Crippen LogP contribution < -0.4 is 5.32 Å². The summed E-state index contributed by atoms with van der Waals surface area (Å²) >= 11 is 0. The van der Waals surface area contributed by atoms with Gasteiger partial charge in [0, 0.05) is 18.5 Å². The van der Waals surface area contributed by atoms with E-state index in [-0.39, 0.29) is 24.3 Å². The molecule has 12 heavy (non-hydrogen) atoms. The zero-order chi connectivity index (χ0) is 7.90. The first-order valence-corrected chi connectivity index (χ1v) is 4.16. The first-order chi connectivity index (χ1) is 5.28. The van der Waals surface area contributed by atoms with Gasteiger partial charge in [-0.25, -0.2) is 0 Å². The number of esters is 1. The Kier molecular flexibility index (Phi) is 2.64. The van der Waals surface area contributed by atoms with Crippen molar-refractivity contribution >= 4 is 18.4 Å². The van der Waals surface area contributed by atoms with Gasteiger partial charge in [0.05, 0.1) is 12.5 Å². The largest absolute Gasteiger partial charge is 0.466 e. The molecular weight excluding hydrogens is 178 g/mol. The fourth-order valence-electron chi connectivity index (χ4n) is 1.76. The van der Waals surface area contributed by atoms with Crippen molar-refractivity contribution in [2.24, 2.45) is 11.3 Å². The second kappa shape index (κ2) is 3.23. The minimum absolute atomic E-state index is 0. The lowest BCUT2D eigenvalue weighted by Crippen LogP contribution is -2.46. The van der Waals surface area contributed by atoms with Crippen LogP contribution in [-0.4, -0.2) is 25.7 Å². The van der Waals surface area contributed by atoms with E-state index in [1.165, 1.54) is 0 Å². The van der Waals surface area contributed by atoms with Crippen molar-refractivity contribution in [3.63, 3.8) is 0 Å². The molecule has 0 aromatic heterocycles. The first-order valence-electron chi connectivity index (χ1n) is 4.16. The Morgan fingerprint density at radius 2 is 2.33 bits per heavy atom. The first kappa shape index (κ1) is 9.81. The van der Waals surface area contributed by atoms with Gasteiger partial charge in [0.15, 0.2) is 0 Å². The Bertz CT molecular complexity index is 191. The summed E-state index contributed by atoms with van der Waals surface area (Å²) in [6, 6.07) is 0. The molecule has 1 spiro atoms. The second-order valence-corrected chi connectivity index (χ2v) is 3.47. The zero-order valence-corrected chi connectivity index (χ0v) is 7.95. The highest BCUT2D eigenvalue weighted by atomic mass is 35.5. The SMILES string of the molecule is CCOC(=O)C1CC12CNC2.Cl. The van der Waals surface area contributed by atoms with Crippen molar-refractivity contribution < 1.29 is 9.53 Å². The zero-order valence-electron chi connectivity index (χ0n) is 7.13. The monoisotopic (exact) mass is 191 g/mol. The van der Waals surface area contributed by atoms with Crippen LogP contribution in [0.3, 0.4) is 0 Å². The van der Waals surface area contributed by atoms with Crippen molar-refractivity contribution in [3.05, 3.63) is 0 Å². The number of carbonyl (C=O) groups excluding carboxylic acids is 1. The molecule has 2 aliphatic rings. The predicted octanol–water partition coefficient (Wildman–Crippen LogP) is 0.581. The molecule has 0 aromatic carbocycles. The minimum atomic E-state index is 0. The minimum Gasteiger partial charge on any atom is -0.466 e. The molecule has 1 saturated carbocycles. The highest BCUT2D eigenvalue weighted by Crippen LogP contribution is 2.55. The number of nitrogens with one attached hydrogen (secondary N) is 1. The van der Waals surface area contributed by atoms with E-state index in [4.69, 9.17) is 4.74 Å². The van der Waals surface area contributed by atoms with Gasteiger partial charge in [-0.15, -0.1) is 12.4 Å². The van der Waals surface area contributed by atoms with Crippen LogP contribution in [0.4, 0.5) is 0 Å². The van der Waals surface area contributed by atoms with Gasteiger partial charge in [-0.05, 0) is 13.3 Å². The Hall–Kier alpha value is -0.280. The number of hydrogen-bond acceptors (Lipinski definition) is 3. The van der Waals surface area contributed by atoms with Gasteiger partial charge in [-0.1, -0.05) is 0 Å². The average Bonchev–Trinajstić information content (AvgIpc) is 2.60. The number of halogens is 1. The molecular formula is C8H14ClNO2. The molecule has 1 atom stereocenters. The third-order valence-corrected chi connectivity index (χ3v) is 2.71. The van der Waals surface area contributed by atoms with E-state index in [1.807, 2.05) is 6.92 Å². The van der Waals surface area contributed by atoms with Crippen LogP contribution in [0.5, 0.6) is 0 Å². The molecule has 1 saturated heterocycles. The summed E-state index contributed by atoms with van der Waals surface area (Å²) in [5, 5.41) is 3.18. The molecule has 2 fully saturated rings. The summed E-state index contributed by atoms with van der Waals surface area (Å²) in [7, 11) is 0. The molecule has 1 unspecified atom stereocenters. The maximum atomic E-state index is 11.2. The van der Waals surface area contributed by atoms with Crippen LogP contribution in [0.1, 0.15) is 13.3 Å². The maximum Gasteiger partial charge on any atom is 0.309 e. The number of hydrogen-bond donors (Lipinski definition) is 1. The molecule has 0 amide bonds. The maximum absolute atomic E-state index is 11.2. The fraction of sp³-hybridized carbons (Fsp3) is 0.875. The highest BCUT2D eigenvalue weighted by molar-refractivity contribution is 5.85. The Labute approximate surface area is 78.3 Å². The lowest BCUT2D eigenvalue weighted by molar-refractivity contribution is -0.146. The summed E-state index contributed by atoms with van der Waals surface area (Å²) < 4.78 is 4.93. The lowest BCUT2D eigenvalue weighted by Gasteiger charge is -2.27. The molecule has 0 bridgehead atoms. The number of rotatable bonds is 2. The Morgan fingerprint density at radius 1 is 1.67 bits per heavy atom. The van der Waals surface area contributed by atoms with Gasteiger partial charge in [-0.3, -0.25) is 4.79 Å². The van der Waals surface area contributed by atoms with Crippen molar-refractivity contribution in [2.75, 3.05) is 19.7 Å². The van der Waals surface area contributed by atoms with Gasteiger partial charge in [0.25, 0.3) is 0 Å². The van der Waals surface area contributed by atoms with Crippen LogP contribution in [0.15, 0.2) is 0 Å². The normalized spacial score (nSPS) is 28.6. The molecule has 1 aliphatic carbocycles. The third kappa shape index (κ3) is 1.31. The average molecular weight is 192 g/mol. The van der Waals surface area contributed by atoms with E-state index in [0.29, 0.717) is 12.0 Å². The van der Waals surface area contributed by atoms with Crippen molar-refractivity contribution in [1.82, 2.24) is 5.32 Å². The summed E-state index contributed by atoms with van der Waals surface area (Å²) in [6.45, 7) is 4.39. The summed E-state index contributed by atoms with van der Waals surface area (Å²) in [6.07, 6.45) is 1.04. The Balaban J connectivity index is 0.000000720. The predicted molar refractivity (Wildman–Crippen MR) is 47.3 cm³/mol. The van der Waals surface area contributed by atoms with Crippen molar-refractivity contribution in [3.8, 4) is 0 Å². The molecule has 1 N–H and O–H groups in total. The number of ether oxygens (including phenoxy) is 1. The second-order valence-electron chi connectivity index (χ2n) is 3.47. The van der Waals surface area contributed by atoms with Gasteiger partial charge in [0.2, 0.25) is 0 Å². The summed E-state index contributed by atoms with van der Waals surface area (Å²) in [5.41, 5.74) is 0.326. The van der Waals surface area contributed by atoms with Gasteiger partial charge >= 0.3 is 5.97 Å². The van der Waals surface area contributed by atoms with Crippen LogP contribution in [0.2, 0.25) is 0 Å². The molecule has 0 aromatic rings. The fourth-order valence-corrected chi connectivity index (χ4v) is 1.76. The quantitative estimate of drug-likeness (QED) is 0.649. The van der Waals surface area contributed by atoms with E-state index in [1.54, 1.807) is 0 Å². The van der Waals surface area contributed by atoms with Crippen LogP contribution >= 0.6 is 12.4 Å². The number of carbonyl (C=O) groups is 1. The molecule has 4 heteroatoms. The standard InChI is InChI=1S/C8H13NO2.ClH/c1-2-11-7(10)6-3-8(6)4-9-5-8;/h6,9H,2-5H2,1H3;1H. The highest BCUT2D eigenvalue weighted by Gasteiger charge is 2.62. The van der Waals surface area contributed by atoms with E-state index in [2.05, 4.69) is 5.32 Å². The molecule has 3 nitrogen and oxygen atoms in total. The Morgan fingerprint density at radius 3 is 2.67 bits per heavy atom. The molecule has 0 radical (unpaired) electrons. The van der Waals surface area contributed by atoms with Gasteiger partial charge in [-0.2, -0.15) is 0 Å². The van der Waals surface area contributed by atoms with E-state index in [9.17, 15) is 4.79 Å². The summed E-state index contributed by atoms with van der Waals surface area (Å²) in [4.78, 5) is 11.2. The van der Waals surface area contributed by atoms with Crippen LogP contribution in [-0.2, 0) is 9.53 Å². The smallest absolute Gasteiger partial charge is 0.309 e. The molecule has 1 heterocycles. The molecule has 1 aliphatic heterocycles. The summed E-state index contributed by atoms with van der Waals surface area (Å²) in [5.74, 6) is 0.220. The van der Waals surface area contributed by atoms with E-state index >= 15 is 0 Å². The van der Waals surface area contributed by atoms with Crippen LogP contribution in [0, 0.1) is 11.3 Å². The molecule has 70 valence electrons. The van der Waals surface area contributed by atoms with Crippen molar-refractivity contribution in [2.45, 2.75) is 13.3 Å². The third-order valence-electron chi connectivity index (χ3n) is 2.71. The topological polar surface area (TPSA) is 38.3 Å². The van der Waals surface area contributed by atoms with Gasteiger partial charge < -0.3 is 10.1 Å². The lowest BCUT2D eigenvalue weighted by atomic mass is 9.97. The van der Waals surface area contributed by atoms with Crippen LogP contribution in [0.25, 0.3) is 0 Å².